The average Bonchev–Trinajstić information content (AvgIpc) is 2.74. The number of pyridine rings is 1. The maximum Gasteiger partial charge on any atom is 0.160 e. The van der Waals surface area contributed by atoms with Crippen molar-refractivity contribution >= 4 is 38.7 Å². The van der Waals surface area contributed by atoms with E-state index in [4.69, 9.17) is 11.6 Å². The van der Waals surface area contributed by atoms with E-state index < -0.39 is 0 Å². The zero-order valence-corrected chi connectivity index (χ0v) is 13.2. The lowest BCUT2D eigenvalue weighted by atomic mass is 10.0. The van der Waals surface area contributed by atoms with Gasteiger partial charge in [-0.3, -0.25) is 0 Å². The van der Waals surface area contributed by atoms with Crippen molar-refractivity contribution in [1.29, 1.82) is 0 Å². The minimum absolute atomic E-state index is 0.349. The number of hydrogen-bond acceptors (Lipinski definition) is 2. The second kappa shape index (κ2) is 5.57. The molecule has 0 N–H and O–H groups in total. The number of nitrogens with zero attached hydrogens (tertiary/aromatic N) is 3. The molecule has 18 heavy (non-hydrogen) atoms. The summed E-state index contributed by atoms with van der Waals surface area (Å²) in [5.74, 6) is 1.87. The van der Waals surface area contributed by atoms with Crippen LogP contribution < -0.4 is 0 Å². The van der Waals surface area contributed by atoms with Gasteiger partial charge in [0.05, 0.1) is 5.88 Å². The smallest absolute Gasteiger partial charge is 0.160 e. The summed E-state index contributed by atoms with van der Waals surface area (Å²) >= 11 is 9.44. The monoisotopic (exact) mass is 329 g/mol. The van der Waals surface area contributed by atoms with Crippen molar-refractivity contribution in [3.63, 3.8) is 0 Å². The summed E-state index contributed by atoms with van der Waals surface area (Å²) in [6.45, 7) is 6.65. The van der Waals surface area contributed by atoms with Gasteiger partial charge in [0.15, 0.2) is 5.65 Å². The van der Waals surface area contributed by atoms with Crippen LogP contribution in [0, 0.1) is 5.92 Å². The highest BCUT2D eigenvalue weighted by Gasteiger charge is 2.20. The van der Waals surface area contributed by atoms with Crippen LogP contribution in [0.2, 0.25) is 0 Å². The van der Waals surface area contributed by atoms with E-state index in [2.05, 4.69) is 51.2 Å². The molecule has 0 aliphatic rings. The highest BCUT2D eigenvalue weighted by atomic mass is 79.9. The molecule has 0 radical (unpaired) electrons. The molecule has 2 heterocycles. The van der Waals surface area contributed by atoms with E-state index in [1.807, 2.05) is 12.3 Å². The maximum absolute atomic E-state index is 6.01. The zero-order chi connectivity index (χ0) is 13.3. The van der Waals surface area contributed by atoms with Crippen LogP contribution in [0.1, 0.15) is 39.1 Å². The zero-order valence-electron chi connectivity index (χ0n) is 10.8. The number of hydrogen-bond donors (Lipinski definition) is 0. The fraction of sp³-hybridized carbons (Fsp3) is 0.538. The minimum Gasteiger partial charge on any atom is -0.309 e. The van der Waals surface area contributed by atoms with Crippen molar-refractivity contribution in [3.8, 4) is 0 Å². The summed E-state index contributed by atoms with van der Waals surface area (Å²) in [7, 11) is 0. The van der Waals surface area contributed by atoms with Crippen molar-refractivity contribution in [2.24, 2.45) is 5.92 Å². The lowest BCUT2D eigenvalue weighted by Crippen LogP contribution is -2.16. The van der Waals surface area contributed by atoms with E-state index in [9.17, 15) is 0 Å². The van der Waals surface area contributed by atoms with Gasteiger partial charge in [0.2, 0.25) is 0 Å². The molecular formula is C13H17BrClN3. The highest BCUT2D eigenvalue weighted by molar-refractivity contribution is 9.10. The van der Waals surface area contributed by atoms with Gasteiger partial charge >= 0.3 is 0 Å². The van der Waals surface area contributed by atoms with E-state index >= 15 is 0 Å². The lowest BCUT2D eigenvalue weighted by molar-refractivity contribution is 0.370. The largest absolute Gasteiger partial charge is 0.309 e. The Morgan fingerprint density at radius 2 is 2.17 bits per heavy atom. The summed E-state index contributed by atoms with van der Waals surface area (Å²) in [6, 6.07) is 2.33. The molecule has 0 fully saturated rings. The summed E-state index contributed by atoms with van der Waals surface area (Å²) in [5, 5.41) is 0. The van der Waals surface area contributed by atoms with Gasteiger partial charge in [0.1, 0.15) is 11.3 Å². The molecule has 0 aromatic carbocycles. The molecule has 2 unspecified atom stereocenters. The van der Waals surface area contributed by atoms with Crippen LogP contribution in [0.4, 0.5) is 0 Å². The Bertz CT molecular complexity index is 552. The Kier molecular flexibility index (Phi) is 4.28. The third kappa shape index (κ3) is 2.41. The van der Waals surface area contributed by atoms with Gasteiger partial charge in [-0.05, 0) is 34.8 Å². The molecule has 2 atom stereocenters. The molecule has 2 aromatic rings. The predicted molar refractivity (Wildman–Crippen MR) is 79.0 cm³/mol. The highest BCUT2D eigenvalue weighted by Crippen LogP contribution is 2.28. The van der Waals surface area contributed by atoms with Crippen LogP contribution in [0.25, 0.3) is 11.2 Å². The number of aromatic nitrogens is 3. The molecule has 3 nitrogen and oxygen atoms in total. The van der Waals surface area contributed by atoms with Crippen LogP contribution in [-0.2, 0) is 5.88 Å². The normalized spacial score (nSPS) is 14.9. The molecule has 98 valence electrons. The maximum atomic E-state index is 6.01. The molecule has 0 amide bonds. The third-order valence-electron chi connectivity index (χ3n) is 3.56. The van der Waals surface area contributed by atoms with E-state index in [1.54, 1.807) is 0 Å². The van der Waals surface area contributed by atoms with Crippen LogP contribution >= 0.6 is 27.5 Å². The lowest BCUT2D eigenvalue weighted by Gasteiger charge is -2.22. The molecule has 0 saturated heterocycles. The molecule has 0 aliphatic heterocycles. The third-order valence-corrected chi connectivity index (χ3v) is 4.24. The summed E-state index contributed by atoms with van der Waals surface area (Å²) in [5.41, 5.74) is 1.82. The second-order valence-electron chi connectivity index (χ2n) is 4.65. The molecule has 0 bridgehead atoms. The molecule has 2 aromatic heterocycles. The van der Waals surface area contributed by atoms with Crippen LogP contribution in [-0.4, -0.2) is 14.5 Å². The molecule has 0 aliphatic carbocycles. The van der Waals surface area contributed by atoms with Crippen LogP contribution in [0.3, 0.4) is 0 Å². The van der Waals surface area contributed by atoms with Gasteiger partial charge in [0.25, 0.3) is 0 Å². The Morgan fingerprint density at radius 3 is 2.78 bits per heavy atom. The van der Waals surface area contributed by atoms with E-state index in [-0.39, 0.29) is 0 Å². The number of imidazole rings is 1. The van der Waals surface area contributed by atoms with Crippen molar-refractivity contribution in [3.05, 3.63) is 22.6 Å². The first-order chi connectivity index (χ1) is 8.58. The summed E-state index contributed by atoms with van der Waals surface area (Å²) in [4.78, 5) is 9.05. The fourth-order valence-corrected chi connectivity index (χ4v) is 2.63. The fourth-order valence-electron chi connectivity index (χ4n) is 2.12. The Labute approximate surface area is 121 Å². The summed E-state index contributed by atoms with van der Waals surface area (Å²) in [6.07, 6.45) is 2.93. The Morgan fingerprint density at radius 1 is 1.44 bits per heavy atom. The van der Waals surface area contributed by atoms with Crippen LogP contribution in [0.5, 0.6) is 0 Å². The SMILES string of the molecule is CCC(C)C(C)n1c(CCl)nc2cc(Br)cnc21. The average molecular weight is 331 g/mol. The second-order valence-corrected chi connectivity index (χ2v) is 5.84. The number of fused-ring (bicyclic) bond motifs is 1. The summed E-state index contributed by atoms with van der Waals surface area (Å²) < 4.78 is 3.11. The minimum atomic E-state index is 0.349. The molecule has 5 heteroatoms. The molecule has 2 rings (SSSR count). The Balaban J connectivity index is 2.60. The Hall–Kier alpha value is -0.610. The van der Waals surface area contributed by atoms with Gasteiger partial charge in [-0.25, -0.2) is 9.97 Å². The topological polar surface area (TPSA) is 30.7 Å². The number of halogens is 2. The van der Waals surface area contributed by atoms with Gasteiger partial charge in [0, 0.05) is 16.7 Å². The first-order valence-electron chi connectivity index (χ1n) is 6.16. The van der Waals surface area contributed by atoms with Gasteiger partial charge < -0.3 is 4.57 Å². The van der Waals surface area contributed by atoms with Crippen LogP contribution in [0.15, 0.2) is 16.7 Å². The molecule has 0 saturated carbocycles. The first-order valence-corrected chi connectivity index (χ1v) is 7.49. The predicted octanol–water partition coefficient (Wildman–Crippen LogP) is 4.54. The van der Waals surface area contributed by atoms with Gasteiger partial charge in [-0.15, -0.1) is 11.6 Å². The van der Waals surface area contributed by atoms with Crippen molar-refractivity contribution < 1.29 is 0 Å². The quantitative estimate of drug-likeness (QED) is 0.771. The molecular weight excluding hydrogens is 314 g/mol. The van der Waals surface area contributed by atoms with E-state index in [0.717, 1.165) is 27.9 Å². The standard InChI is InChI=1S/C13H17BrClN3/c1-4-8(2)9(3)18-12(6-15)17-11-5-10(14)7-16-13(11)18/h5,7-9H,4,6H2,1-3H3. The van der Waals surface area contributed by atoms with Crippen molar-refractivity contribution in [2.75, 3.05) is 0 Å². The van der Waals surface area contributed by atoms with Crippen molar-refractivity contribution in [2.45, 2.75) is 39.1 Å². The van der Waals surface area contributed by atoms with Gasteiger partial charge in [-0.2, -0.15) is 0 Å². The van der Waals surface area contributed by atoms with E-state index in [0.29, 0.717) is 17.8 Å². The first kappa shape index (κ1) is 13.8. The van der Waals surface area contributed by atoms with Gasteiger partial charge in [-0.1, -0.05) is 20.3 Å². The number of alkyl halides is 1. The number of rotatable bonds is 4. The molecule has 0 spiro atoms. The van der Waals surface area contributed by atoms with E-state index in [1.165, 1.54) is 0 Å². The van der Waals surface area contributed by atoms with Crippen molar-refractivity contribution in [1.82, 2.24) is 14.5 Å².